The number of rotatable bonds is 1. The first-order chi connectivity index (χ1) is 8.14. The maximum absolute atomic E-state index is 12.2. The normalized spacial score (nSPS) is 33.9. The number of carbonyl (C=O) groups is 2. The third kappa shape index (κ3) is 3.01. The topological polar surface area (TPSA) is 72.6 Å². The van der Waals surface area contributed by atoms with Crippen LogP contribution in [0.15, 0.2) is 0 Å². The first-order valence-corrected chi connectivity index (χ1v) is 7.10. The minimum absolute atomic E-state index is 0. The number of fused-ring (bicyclic) bond motifs is 1. The van der Waals surface area contributed by atoms with Crippen molar-refractivity contribution < 1.29 is 14.3 Å². The zero-order valence-corrected chi connectivity index (χ0v) is 13.3. The standard InChI is InChI=1S/C12H20N2O3S.ClH/c1-11(2,3)17-10(16)12(4)5-14-8(15)7(13)9(14)18-6-12;/h7,9H,5-6,13H2,1-4H3;1H/t7?,9-,12?;/m1./s1. The number of esters is 1. The molecule has 19 heavy (non-hydrogen) atoms. The van der Waals surface area contributed by atoms with Crippen molar-refractivity contribution in [2.75, 3.05) is 12.3 Å². The third-order valence-electron chi connectivity index (χ3n) is 3.17. The largest absolute Gasteiger partial charge is 0.459 e. The molecule has 2 N–H and O–H groups in total. The number of thioether (sulfide) groups is 1. The maximum Gasteiger partial charge on any atom is 0.314 e. The van der Waals surface area contributed by atoms with E-state index in [0.29, 0.717) is 12.3 Å². The average Bonchev–Trinajstić information content (AvgIpc) is 2.25. The molecule has 3 atom stereocenters. The Balaban J connectivity index is 0.00000180. The fourth-order valence-electron chi connectivity index (χ4n) is 2.13. The second kappa shape index (κ2) is 5.14. The SMILES string of the molecule is CC(C)(C)OC(=O)C1(C)CS[C@@H]2C(N)C(=O)N2C1.Cl. The summed E-state index contributed by atoms with van der Waals surface area (Å²) in [5, 5.41) is 0.0352. The molecular formula is C12H21ClN2O3S. The van der Waals surface area contributed by atoms with E-state index in [9.17, 15) is 9.59 Å². The summed E-state index contributed by atoms with van der Waals surface area (Å²) in [6.07, 6.45) is 0. The molecule has 2 unspecified atom stereocenters. The van der Waals surface area contributed by atoms with Gasteiger partial charge < -0.3 is 15.4 Å². The molecule has 0 aromatic heterocycles. The van der Waals surface area contributed by atoms with E-state index in [1.807, 2.05) is 27.7 Å². The molecule has 2 rings (SSSR count). The number of ether oxygens (including phenoxy) is 1. The third-order valence-corrected chi connectivity index (χ3v) is 4.86. The second-order valence-electron chi connectivity index (χ2n) is 6.26. The summed E-state index contributed by atoms with van der Waals surface area (Å²) in [6, 6.07) is -0.404. The van der Waals surface area contributed by atoms with Crippen LogP contribution in [0.2, 0.25) is 0 Å². The van der Waals surface area contributed by atoms with Gasteiger partial charge in [-0.2, -0.15) is 0 Å². The molecule has 1 amide bonds. The lowest BCUT2D eigenvalue weighted by atomic mass is 9.89. The zero-order valence-electron chi connectivity index (χ0n) is 11.6. The van der Waals surface area contributed by atoms with Gasteiger partial charge in [0.1, 0.15) is 17.0 Å². The molecule has 0 aromatic carbocycles. The van der Waals surface area contributed by atoms with E-state index in [0.717, 1.165) is 0 Å². The Hall–Kier alpha value is -0.460. The minimum Gasteiger partial charge on any atom is -0.459 e. The number of hydrogen-bond donors (Lipinski definition) is 1. The van der Waals surface area contributed by atoms with Crippen LogP contribution in [0.5, 0.6) is 0 Å². The summed E-state index contributed by atoms with van der Waals surface area (Å²) in [4.78, 5) is 25.5. The lowest BCUT2D eigenvalue weighted by Gasteiger charge is -2.52. The number of nitrogens with zero attached hydrogens (tertiary/aromatic N) is 1. The molecular weight excluding hydrogens is 288 g/mol. The Morgan fingerprint density at radius 3 is 2.63 bits per heavy atom. The highest BCUT2D eigenvalue weighted by Crippen LogP contribution is 2.42. The maximum atomic E-state index is 12.2. The van der Waals surface area contributed by atoms with E-state index in [2.05, 4.69) is 0 Å². The van der Waals surface area contributed by atoms with Crippen molar-refractivity contribution in [2.45, 2.75) is 44.7 Å². The number of halogens is 1. The van der Waals surface area contributed by atoms with Crippen LogP contribution in [0.25, 0.3) is 0 Å². The molecule has 0 aromatic rings. The van der Waals surface area contributed by atoms with Gasteiger partial charge in [0, 0.05) is 12.3 Å². The molecule has 0 bridgehead atoms. The number of hydrogen-bond acceptors (Lipinski definition) is 5. The highest BCUT2D eigenvalue weighted by atomic mass is 35.5. The van der Waals surface area contributed by atoms with E-state index in [1.54, 1.807) is 16.7 Å². The highest BCUT2D eigenvalue weighted by molar-refractivity contribution is 8.00. The molecule has 0 spiro atoms. The van der Waals surface area contributed by atoms with Gasteiger partial charge in [-0.05, 0) is 27.7 Å². The van der Waals surface area contributed by atoms with Gasteiger partial charge in [0.25, 0.3) is 0 Å². The van der Waals surface area contributed by atoms with Crippen LogP contribution < -0.4 is 5.73 Å². The average molecular weight is 309 g/mol. The van der Waals surface area contributed by atoms with Crippen molar-refractivity contribution in [3.63, 3.8) is 0 Å². The van der Waals surface area contributed by atoms with Crippen LogP contribution in [0, 0.1) is 5.41 Å². The predicted octanol–water partition coefficient (Wildman–Crippen LogP) is 0.999. The Kier molecular flexibility index (Phi) is 4.49. The summed E-state index contributed by atoms with van der Waals surface area (Å²) in [7, 11) is 0. The van der Waals surface area contributed by atoms with Crippen LogP contribution in [0.1, 0.15) is 27.7 Å². The van der Waals surface area contributed by atoms with Crippen molar-refractivity contribution in [1.29, 1.82) is 0 Å². The van der Waals surface area contributed by atoms with E-state index < -0.39 is 17.1 Å². The first kappa shape index (κ1) is 16.6. The van der Waals surface area contributed by atoms with E-state index in [1.165, 1.54) is 0 Å². The lowest BCUT2D eigenvalue weighted by molar-refractivity contribution is -0.169. The Morgan fingerprint density at radius 2 is 2.11 bits per heavy atom. The van der Waals surface area contributed by atoms with Crippen molar-refractivity contribution in [1.82, 2.24) is 4.90 Å². The fraction of sp³-hybridized carbons (Fsp3) is 0.833. The van der Waals surface area contributed by atoms with Gasteiger partial charge in [0.05, 0.1) is 5.41 Å². The molecule has 5 nitrogen and oxygen atoms in total. The van der Waals surface area contributed by atoms with Gasteiger partial charge in [-0.15, -0.1) is 24.2 Å². The molecule has 2 fully saturated rings. The Bertz CT molecular complexity index is 399. The predicted molar refractivity (Wildman–Crippen MR) is 77.1 cm³/mol. The number of carbonyl (C=O) groups excluding carboxylic acids is 2. The summed E-state index contributed by atoms with van der Waals surface area (Å²) in [6.45, 7) is 7.79. The van der Waals surface area contributed by atoms with Gasteiger partial charge >= 0.3 is 5.97 Å². The van der Waals surface area contributed by atoms with E-state index in [4.69, 9.17) is 10.5 Å². The smallest absolute Gasteiger partial charge is 0.314 e. The van der Waals surface area contributed by atoms with Gasteiger partial charge in [0.15, 0.2) is 0 Å². The Labute approximate surface area is 124 Å². The molecule has 2 saturated heterocycles. The van der Waals surface area contributed by atoms with E-state index in [-0.39, 0.29) is 29.7 Å². The first-order valence-electron chi connectivity index (χ1n) is 6.05. The van der Waals surface area contributed by atoms with Gasteiger partial charge in [-0.3, -0.25) is 9.59 Å². The summed E-state index contributed by atoms with van der Waals surface area (Å²) in [5.74, 6) is 0.334. The molecule has 2 aliphatic heterocycles. The number of β-lactam (4-membered cyclic amide) rings is 1. The van der Waals surface area contributed by atoms with Crippen molar-refractivity contribution in [3.8, 4) is 0 Å². The van der Waals surface area contributed by atoms with Crippen LogP contribution in [-0.4, -0.2) is 46.1 Å². The van der Waals surface area contributed by atoms with Gasteiger partial charge in [-0.1, -0.05) is 0 Å². The monoisotopic (exact) mass is 308 g/mol. The summed E-state index contributed by atoms with van der Waals surface area (Å²) < 4.78 is 5.43. The zero-order chi connectivity index (χ0) is 13.7. The molecule has 0 saturated carbocycles. The van der Waals surface area contributed by atoms with E-state index >= 15 is 0 Å². The molecule has 0 aliphatic carbocycles. The van der Waals surface area contributed by atoms with Crippen molar-refractivity contribution in [3.05, 3.63) is 0 Å². The summed E-state index contributed by atoms with van der Waals surface area (Å²) in [5.41, 5.74) is 4.58. The fourth-order valence-corrected chi connectivity index (χ4v) is 3.56. The van der Waals surface area contributed by atoms with Gasteiger partial charge in [0.2, 0.25) is 5.91 Å². The second-order valence-corrected chi connectivity index (χ2v) is 7.36. The van der Waals surface area contributed by atoms with Crippen LogP contribution in [-0.2, 0) is 14.3 Å². The summed E-state index contributed by atoms with van der Waals surface area (Å²) >= 11 is 1.57. The van der Waals surface area contributed by atoms with Crippen molar-refractivity contribution in [2.24, 2.45) is 11.1 Å². The molecule has 7 heteroatoms. The molecule has 2 aliphatic rings. The van der Waals surface area contributed by atoms with Gasteiger partial charge in [-0.25, -0.2) is 0 Å². The van der Waals surface area contributed by atoms with Crippen LogP contribution >= 0.6 is 24.2 Å². The van der Waals surface area contributed by atoms with Crippen LogP contribution in [0.3, 0.4) is 0 Å². The molecule has 2 heterocycles. The molecule has 110 valence electrons. The lowest BCUT2D eigenvalue weighted by Crippen LogP contribution is -2.71. The Morgan fingerprint density at radius 1 is 1.53 bits per heavy atom. The number of nitrogens with two attached hydrogens (primary N) is 1. The quantitative estimate of drug-likeness (QED) is 0.578. The minimum atomic E-state index is -0.635. The van der Waals surface area contributed by atoms with Crippen molar-refractivity contribution >= 4 is 36.0 Å². The number of amides is 1. The molecule has 0 radical (unpaired) electrons. The van der Waals surface area contributed by atoms with Crippen LogP contribution in [0.4, 0.5) is 0 Å². The highest BCUT2D eigenvalue weighted by Gasteiger charge is 2.54.